The molecule has 0 saturated heterocycles. The monoisotopic (exact) mass is 528 g/mol. The van der Waals surface area contributed by atoms with Crippen molar-refractivity contribution in [2.24, 2.45) is 45.3 Å². The Morgan fingerprint density at radius 3 is 1.29 bits per heavy atom. The molecule has 5 aliphatic rings. The van der Waals surface area contributed by atoms with Gasteiger partial charge in [0.15, 0.2) is 11.6 Å². The van der Waals surface area contributed by atoms with Gasteiger partial charge in [-0.25, -0.2) is 0 Å². The Balaban J connectivity index is 1.87. The fourth-order valence-electron chi connectivity index (χ4n) is 9.17. The van der Waals surface area contributed by atoms with Crippen molar-refractivity contribution in [3.05, 3.63) is 24.3 Å². The summed E-state index contributed by atoms with van der Waals surface area (Å²) in [7, 11) is 4.42. The summed E-state index contributed by atoms with van der Waals surface area (Å²) in [6, 6.07) is 0. The number of esters is 4. The maximum Gasteiger partial charge on any atom is 0.316 e. The van der Waals surface area contributed by atoms with Crippen LogP contribution in [0.4, 0.5) is 0 Å². The molecule has 5 rings (SSSR count). The van der Waals surface area contributed by atoms with Crippen molar-refractivity contribution >= 4 is 35.4 Å². The van der Waals surface area contributed by atoms with Gasteiger partial charge in [0.05, 0.1) is 28.4 Å². The van der Waals surface area contributed by atoms with Gasteiger partial charge in [-0.2, -0.15) is 0 Å². The van der Waals surface area contributed by atoms with Crippen LogP contribution in [-0.2, 0) is 47.7 Å². The number of ether oxygens (including phenoxy) is 4. The number of allylic oxidation sites excluding steroid dienone is 4. The van der Waals surface area contributed by atoms with Gasteiger partial charge in [0.2, 0.25) is 0 Å². The van der Waals surface area contributed by atoms with Crippen LogP contribution < -0.4 is 0 Å². The zero-order valence-corrected chi connectivity index (χ0v) is 21.9. The Bertz CT molecular complexity index is 1120. The van der Waals surface area contributed by atoms with Gasteiger partial charge in [0.25, 0.3) is 0 Å². The van der Waals surface area contributed by atoms with Gasteiger partial charge >= 0.3 is 23.9 Å². The lowest BCUT2D eigenvalue weighted by atomic mass is 9.47. The van der Waals surface area contributed by atoms with Crippen LogP contribution in [-0.4, -0.2) is 63.9 Å². The van der Waals surface area contributed by atoms with E-state index in [1.807, 2.05) is 0 Å². The lowest BCUT2D eigenvalue weighted by Crippen LogP contribution is -2.55. The molecule has 10 heteroatoms. The number of carbonyl (C=O) groups excluding carboxylic acids is 6. The van der Waals surface area contributed by atoms with E-state index in [9.17, 15) is 28.8 Å². The highest BCUT2D eigenvalue weighted by atomic mass is 16.5. The number of rotatable bonds is 4. The van der Waals surface area contributed by atoms with Crippen LogP contribution in [0.2, 0.25) is 0 Å². The summed E-state index contributed by atoms with van der Waals surface area (Å²) < 4.78 is 20.2. The molecule has 0 aliphatic heterocycles. The molecule has 6 atom stereocenters. The van der Waals surface area contributed by atoms with Crippen molar-refractivity contribution in [3.8, 4) is 0 Å². The van der Waals surface area contributed by atoms with E-state index in [1.165, 1.54) is 0 Å². The first kappa shape index (κ1) is 26.3. The number of carbonyl (C=O) groups is 6. The fourth-order valence-corrected chi connectivity index (χ4v) is 9.17. The van der Waals surface area contributed by atoms with Crippen LogP contribution in [0.25, 0.3) is 0 Å². The molecule has 2 unspecified atom stereocenters. The summed E-state index contributed by atoms with van der Waals surface area (Å²) in [5.41, 5.74) is -4.18. The third-order valence-electron chi connectivity index (χ3n) is 10.6. The number of Topliss-reactive ketones (excluding diaryl/α,β-unsaturated/α-hetero) is 2. The number of ketones is 2. The van der Waals surface area contributed by atoms with Crippen molar-refractivity contribution in [1.82, 2.24) is 0 Å². The van der Waals surface area contributed by atoms with Crippen molar-refractivity contribution in [1.29, 1.82) is 0 Å². The number of hydrogen-bond donors (Lipinski definition) is 0. The quantitative estimate of drug-likeness (QED) is 0.229. The SMILES string of the molecule is COC(=O)[C@@H]1C(=O)[C@H](C(=O)OC)C23CCC45CC=CC4(C=CC5)CCC12[C@@H](C(=O)OC)C(=O)[C@@H]3C(=O)OC. The molecule has 0 aromatic rings. The predicted molar refractivity (Wildman–Crippen MR) is 128 cm³/mol. The van der Waals surface area contributed by atoms with Crippen LogP contribution in [0.1, 0.15) is 38.5 Å². The Kier molecular flexibility index (Phi) is 5.96. The summed E-state index contributed by atoms with van der Waals surface area (Å²) in [6.45, 7) is 0. The van der Waals surface area contributed by atoms with E-state index in [1.54, 1.807) is 0 Å². The highest BCUT2D eigenvalue weighted by Gasteiger charge is 2.86. The molecule has 204 valence electrons. The van der Waals surface area contributed by atoms with E-state index in [4.69, 9.17) is 18.9 Å². The Morgan fingerprint density at radius 2 is 0.947 bits per heavy atom. The molecular formula is C28H32O10. The zero-order valence-electron chi connectivity index (χ0n) is 21.9. The molecule has 0 N–H and O–H groups in total. The second-order valence-corrected chi connectivity index (χ2v) is 11.2. The molecule has 0 radical (unpaired) electrons. The van der Waals surface area contributed by atoms with Crippen molar-refractivity contribution in [2.45, 2.75) is 38.5 Å². The minimum Gasteiger partial charge on any atom is -0.468 e. The van der Waals surface area contributed by atoms with Crippen LogP contribution in [0.5, 0.6) is 0 Å². The lowest BCUT2D eigenvalue weighted by molar-refractivity contribution is -0.174. The highest BCUT2D eigenvalue weighted by molar-refractivity contribution is 6.20. The average molecular weight is 529 g/mol. The summed E-state index contributed by atoms with van der Waals surface area (Å²) in [5, 5.41) is 0. The standard InChI is InChI=1S/C28H32O10/c1-35-21(31)15-19(29)16(22(32)36-2)28-14-12-26-9-5-7-25(26,8-6-10-26)11-13-27(15,28)17(23(33)37-3)20(30)18(28)24(34)38-4/h5-8,15-18H,9-14H2,1-4H3/t15-,16-,17+,18-,25?,26?,27?,28?/m1/s1. The Hall–Kier alpha value is -3.30. The summed E-state index contributed by atoms with van der Waals surface area (Å²) in [6.07, 6.45) is 10.9. The highest BCUT2D eigenvalue weighted by Crippen LogP contribution is 2.77. The first-order valence-corrected chi connectivity index (χ1v) is 12.8. The van der Waals surface area contributed by atoms with Gasteiger partial charge in [-0.3, -0.25) is 28.8 Å². The Morgan fingerprint density at radius 1 is 0.605 bits per heavy atom. The minimum atomic E-state index is -1.76. The van der Waals surface area contributed by atoms with Crippen molar-refractivity contribution < 1.29 is 47.7 Å². The summed E-state index contributed by atoms with van der Waals surface area (Å²) in [5.74, 6) is -12.1. The maximum absolute atomic E-state index is 14.2. The fraction of sp³-hybridized carbons (Fsp3) is 0.643. The van der Waals surface area contributed by atoms with E-state index in [-0.39, 0.29) is 18.3 Å². The molecule has 3 saturated carbocycles. The zero-order chi connectivity index (χ0) is 27.7. The van der Waals surface area contributed by atoms with Gasteiger partial charge in [-0.15, -0.1) is 0 Å². The van der Waals surface area contributed by atoms with E-state index in [0.717, 1.165) is 41.3 Å². The van der Waals surface area contributed by atoms with Crippen LogP contribution in [0, 0.1) is 45.3 Å². The van der Waals surface area contributed by atoms with Gasteiger partial charge in [-0.1, -0.05) is 24.3 Å². The molecule has 0 spiro atoms. The summed E-state index contributed by atoms with van der Waals surface area (Å²) >= 11 is 0. The van der Waals surface area contributed by atoms with Crippen LogP contribution in [0.15, 0.2) is 24.3 Å². The molecular weight excluding hydrogens is 496 g/mol. The van der Waals surface area contributed by atoms with Gasteiger partial charge in [0.1, 0.15) is 23.7 Å². The van der Waals surface area contributed by atoms with E-state index >= 15 is 0 Å². The first-order valence-electron chi connectivity index (χ1n) is 12.8. The van der Waals surface area contributed by atoms with Crippen molar-refractivity contribution in [3.63, 3.8) is 0 Å². The molecule has 5 aliphatic carbocycles. The van der Waals surface area contributed by atoms with E-state index < -0.39 is 75.4 Å². The molecule has 0 aromatic carbocycles. The number of methoxy groups -OCH3 is 4. The predicted octanol–water partition coefficient (Wildman–Crippen LogP) is 1.75. The smallest absolute Gasteiger partial charge is 0.316 e. The first-order chi connectivity index (χ1) is 18.1. The van der Waals surface area contributed by atoms with E-state index in [0.29, 0.717) is 12.8 Å². The van der Waals surface area contributed by atoms with E-state index in [2.05, 4.69) is 24.3 Å². The molecule has 0 amide bonds. The topological polar surface area (TPSA) is 139 Å². The third-order valence-corrected chi connectivity index (χ3v) is 10.6. The Labute approximate surface area is 220 Å². The molecule has 10 nitrogen and oxygen atoms in total. The molecule has 38 heavy (non-hydrogen) atoms. The van der Waals surface area contributed by atoms with Gasteiger partial charge in [-0.05, 0) is 43.9 Å². The molecule has 0 aromatic heterocycles. The lowest BCUT2D eigenvalue weighted by Gasteiger charge is -2.53. The third kappa shape index (κ3) is 2.78. The van der Waals surface area contributed by atoms with Crippen LogP contribution >= 0.6 is 0 Å². The second-order valence-electron chi connectivity index (χ2n) is 11.2. The second kappa shape index (κ2) is 8.61. The molecule has 0 bridgehead atoms. The molecule has 3 fully saturated rings. The maximum atomic E-state index is 14.2. The van der Waals surface area contributed by atoms with Crippen molar-refractivity contribution in [2.75, 3.05) is 28.4 Å². The normalized spacial score (nSPS) is 42.3. The minimum absolute atomic E-state index is 0.0292. The van der Waals surface area contributed by atoms with Crippen LogP contribution in [0.3, 0.4) is 0 Å². The average Bonchev–Trinajstić information content (AvgIpc) is 3.54. The summed E-state index contributed by atoms with van der Waals surface area (Å²) in [4.78, 5) is 82.0. The van der Waals surface area contributed by atoms with Gasteiger partial charge < -0.3 is 18.9 Å². The molecule has 0 heterocycles. The largest absolute Gasteiger partial charge is 0.468 e. The number of hydrogen-bond acceptors (Lipinski definition) is 10. The van der Waals surface area contributed by atoms with Gasteiger partial charge in [0, 0.05) is 16.2 Å².